The molecule has 1 unspecified atom stereocenters. The number of amides is 1. The van der Waals surface area contributed by atoms with Gasteiger partial charge in [0.15, 0.2) is 5.83 Å². The van der Waals surface area contributed by atoms with Crippen LogP contribution in [-0.2, 0) is 17.8 Å². The molecule has 10 nitrogen and oxygen atoms in total. The first-order valence-electron chi connectivity index (χ1n) is 14.6. The normalized spacial score (nSPS) is 20.7. The van der Waals surface area contributed by atoms with Crippen LogP contribution in [-0.4, -0.2) is 89.1 Å². The highest BCUT2D eigenvalue weighted by Gasteiger charge is 2.35. The molecule has 3 aliphatic heterocycles. The number of ether oxygens (including phenoxy) is 1. The summed E-state index contributed by atoms with van der Waals surface area (Å²) in [5, 5.41) is 11.9. The fraction of sp³-hybridized carbons (Fsp3) is 0.452. The molecule has 2 saturated heterocycles. The first-order valence-corrected chi connectivity index (χ1v) is 15.0. The van der Waals surface area contributed by atoms with E-state index in [0.29, 0.717) is 56.4 Å². The van der Waals surface area contributed by atoms with Crippen molar-refractivity contribution in [2.45, 2.75) is 44.3 Å². The number of carbonyl (C=O) groups is 1. The highest BCUT2D eigenvalue weighted by molar-refractivity contribution is 6.35. The number of nitriles is 1. The molecule has 0 saturated carbocycles. The zero-order valence-electron chi connectivity index (χ0n) is 24.2. The number of hydrogen-bond donors (Lipinski definition) is 0. The second-order valence-corrected chi connectivity index (χ2v) is 11.7. The monoisotopic (exact) mass is 604 g/mol. The molecule has 1 amide bonds. The van der Waals surface area contributed by atoms with Crippen molar-refractivity contribution in [2.24, 2.45) is 0 Å². The number of piperazine rings is 1. The van der Waals surface area contributed by atoms with Crippen molar-refractivity contribution < 1.29 is 13.9 Å². The van der Waals surface area contributed by atoms with E-state index in [0.717, 1.165) is 52.9 Å². The minimum Gasteiger partial charge on any atom is -0.462 e. The SMILES string of the molecule is C=C(F)C(=O)N1CCN(c2nc(OCC3CCCN3C)nc3c2CCN(c2cccc4ccnc(Cl)c24)C3)C[C@@H]1CC#N. The molecule has 0 N–H and O–H groups in total. The summed E-state index contributed by atoms with van der Waals surface area (Å²) in [5.74, 6) is -1.05. The van der Waals surface area contributed by atoms with Crippen LogP contribution in [0.1, 0.15) is 30.5 Å². The van der Waals surface area contributed by atoms with Gasteiger partial charge in [0.05, 0.1) is 30.8 Å². The Hall–Kier alpha value is -4.01. The second-order valence-electron chi connectivity index (χ2n) is 11.4. The molecule has 2 aromatic heterocycles. The van der Waals surface area contributed by atoms with E-state index in [1.807, 2.05) is 18.2 Å². The molecule has 6 rings (SSSR count). The molecular weight excluding hydrogens is 571 g/mol. The summed E-state index contributed by atoms with van der Waals surface area (Å²) < 4.78 is 20.0. The number of pyridine rings is 1. The Kier molecular flexibility index (Phi) is 8.32. The van der Waals surface area contributed by atoms with Crippen molar-refractivity contribution in [3.8, 4) is 12.1 Å². The lowest BCUT2D eigenvalue weighted by Crippen LogP contribution is -2.55. The maximum atomic E-state index is 13.8. The molecule has 12 heteroatoms. The summed E-state index contributed by atoms with van der Waals surface area (Å²) in [6.07, 6.45) is 4.65. The van der Waals surface area contributed by atoms with E-state index in [4.69, 9.17) is 26.3 Å². The largest absolute Gasteiger partial charge is 0.462 e. The third-order valence-electron chi connectivity index (χ3n) is 8.76. The Bertz CT molecular complexity index is 1590. The molecule has 1 aromatic carbocycles. The number of aromatic nitrogens is 3. The van der Waals surface area contributed by atoms with Gasteiger partial charge in [0.1, 0.15) is 17.6 Å². The van der Waals surface area contributed by atoms with E-state index in [2.05, 4.69) is 45.4 Å². The number of benzene rings is 1. The predicted octanol–water partition coefficient (Wildman–Crippen LogP) is 4.13. The Balaban J connectivity index is 1.34. The van der Waals surface area contributed by atoms with Gasteiger partial charge in [-0.15, -0.1) is 0 Å². The van der Waals surface area contributed by atoms with Crippen LogP contribution in [0.15, 0.2) is 42.9 Å². The van der Waals surface area contributed by atoms with Crippen molar-refractivity contribution >= 4 is 39.8 Å². The zero-order chi connectivity index (χ0) is 30.1. The second kappa shape index (κ2) is 12.3. The van der Waals surface area contributed by atoms with Gasteiger partial charge in [-0.1, -0.05) is 30.3 Å². The Morgan fingerprint density at radius 2 is 2.05 bits per heavy atom. The van der Waals surface area contributed by atoms with Gasteiger partial charge < -0.3 is 24.3 Å². The summed E-state index contributed by atoms with van der Waals surface area (Å²) in [7, 11) is 2.10. The van der Waals surface area contributed by atoms with Gasteiger partial charge in [-0.05, 0) is 50.4 Å². The first-order chi connectivity index (χ1) is 20.8. The van der Waals surface area contributed by atoms with Crippen LogP contribution in [0, 0.1) is 11.3 Å². The van der Waals surface area contributed by atoms with Gasteiger partial charge >= 0.3 is 6.01 Å². The smallest absolute Gasteiger partial charge is 0.318 e. The van der Waals surface area contributed by atoms with Crippen molar-refractivity contribution in [1.29, 1.82) is 5.26 Å². The maximum absolute atomic E-state index is 13.8. The Labute approximate surface area is 255 Å². The lowest BCUT2D eigenvalue weighted by molar-refractivity contribution is -0.131. The molecule has 3 aromatic rings. The molecule has 3 aliphatic rings. The lowest BCUT2D eigenvalue weighted by Gasteiger charge is -2.42. The molecule has 0 aliphatic carbocycles. The molecule has 2 atom stereocenters. The van der Waals surface area contributed by atoms with E-state index in [-0.39, 0.29) is 13.0 Å². The number of carbonyl (C=O) groups excluding carboxylic acids is 1. The minimum absolute atomic E-state index is 0.0732. The van der Waals surface area contributed by atoms with Crippen LogP contribution in [0.2, 0.25) is 5.15 Å². The summed E-state index contributed by atoms with van der Waals surface area (Å²) in [4.78, 5) is 34.7. The number of rotatable bonds is 7. The van der Waals surface area contributed by atoms with E-state index in [9.17, 15) is 14.4 Å². The number of hydrogen-bond acceptors (Lipinski definition) is 9. The molecule has 224 valence electrons. The van der Waals surface area contributed by atoms with Gasteiger partial charge in [0, 0.05) is 55.1 Å². The van der Waals surface area contributed by atoms with Crippen LogP contribution in [0.4, 0.5) is 15.9 Å². The average molecular weight is 605 g/mol. The van der Waals surface area contributed by atoms with Crippen molar-refractivity contribution in [3.63, 3.8) is 0 Å². The third kappa shape index (κ3) is 5.82. The molecule has 0 bridgehead atoms. The molecule has 0 radical (unpaired) electrons. The van der Waals surface area contributed by atoms with Crippen molar-refractivity contribution in [1.82, 2.24) is 24.8 Å². The first kappa shape index (κ1) is 29.1. The van der Waals surface area contributed by atoms with Crippen LogP contribution in [0.3, 0.4) is 0 Å². The average Bonchev–Trinajstić information content (AvgIpc) is 3.43. The fourth-order valence-corrected chi connectivity index (χ4v) is 6.73. The van der Waals surface area contributed by atoms with Crippen molar-refractivity contribution in [3.05, 3.63) is 59.3 Å². The minimum atomic E-state index is -1.02. The summed E-state index contributed by atoms with van der Waals surface area (Å²) in [6, 6.07) is 10.3. The number of likely N-dealkylation sites (N-methyl/N-ethyl adjacent to an activating group) is 1. The van der Waals surface area contributed by atoms with Gasteiger partial charge in [0.2, 0.25) is 0 Å². The lowest BCUT2D eigenvalue weighted by atomic mass is 10.0. The molecule has 2 fully saturated rings. The third-order valence-corrected chi connectivity index (χ3v) is 9.05. The highest BCUT2D eigenvalue weighted by Crippen LogP contribution is 2.37. The summed E-state index contributed by atoms with van der Waals surface area (Å²) in [5.41, 5.74) is 2.86. The molecule has 43 heavy (non-hydrogen) atoms. The van der Waals surface area contributed by atoms with Crippen LogP contribution >= 0.6 is 11.6 Å². The van der Waals surface area contributed by atoms with Crippen molar-refractivity contribution in [2.75, 3.05) is 56.2 Å². The van der Waals surface area contributed by atoms with E-state index < -0.39 is 17.8 Å². The van der Waals surface area contributed by atoms with Gasteiger partial charge in [-0.3, -0.25) is 4.79 Å². The molecule has 0 spiro atoms. The van der Waals surface area contributed by atoms with E-state index >= 15 is 0 Å². The van der Waals surface area contributed by atoms with Crippen LogP contribution < -0.4 is 14.5 Å². The molecule has 5 heterocycles. The van der Waals surface area contributed by atoms with Gasteiger partial charge in [0.25, 0.3) is 5.91 Å². The zero-order valence-corrected chi connectivity index (χ0v) is 24.9. The highest BCUT2D eigenvalue weighted by atomic mass is 35.5. The summed E-state index contributed by atoms with van der Waals surface area (Å²) in [6.45, 7) is 6.96. The number of halogens is 2. The van der Waals surface area contributed by atoms with Crippen LogP contribution in [0.25, 0.3) is 10.8 Å². The Morgan fingerprint density at radius 3 is 2.81 bits per heavy atom. The van der Waals surface area contributed by atoms with Gasteiger partial charge in [-0.2, -0.15) is 15.2 Å². The number of likely N-dealkylation sites (tertiary alicyclic amines) is 1. The fourth-order valence-electron chi connectivity index (χ4n) is 6.46. The summed E-state index contributed by atoms with van der Waals surface area (Å²) >= 11 is 6.57. The number of fused-ring (bicyclic) bond motifs is 2. The quantitative estimate of drug-likeness (QED) is 0.291. The Morgan fingerprint density at radius 1 is 1.19 bits per heavy atom. The van der Waals surface area contributed by atoms with E-state index in [1.165, 1.54) is 4.90 Å². The molecular formula is C31H34ClFN8O2. The number of nitrogens with zero attached hydrogens (tertiary/aromatic N) is 8. The maximum Gasteiger partial charge on any atom is 0.318 e. The van der Waals surface area contributed by atoms with E-state index in [1.54, 1.807) is 6.20 Å². The predicted molar refractivity (Wildman–Crippen MR) is 163 cm³/mol. The standard InChI is InChI=1S/C31H34ClFN8O2/c1-20(33)30(42)41-16-15-40(17-22(41)8-11-34)29-24-10-14-39(26-7-3-5-21-9-12-35-28(32)27(21)26)18-25(24)36-31(37-29)43-19-23-6-4-13-38(23)2/h3,5,7,9,12,22-23H,1,4,6,8,10,13-19H2,2H3/t22-,23?/m0/s1. The van der Waals surface area contributed by atoms with Gasteiger partial charge in [-0.25, -0.2) is 9.37 Å². The van der Waals surface area contributed by atoms with Crippen LogP contribution in [0.5, 0.6) is 6.01 Å². The number of anilines is 2. The topological polar surface area (TPSA) is 102 Å².